The Morgan fingerprint density at radius 3 is 2.62 bits per heavy atom. The summed E-state index contributed by atoms with van der Waals surface area (Å²) in [5.74, 6) is 0.288. The molecule has 2 heterocycles. The van der Waals surface area contributed by atoms with Crippen molar-refractivity contribution < 1.29 is 12.8 Å². The van der Waals surface area contributed by atoms with E-state index in [1.54, 1.807) is 29.5 Å². The van der Waals surface area contributed by atoms with Crippen LogP contribution in [0, 0.1) is 18.7 Å². The Balaban J connectivity index is 1.08. The highest BCUT2D eigenvalue weighted by Crippen LogP contribution is 2.32. The molecule has 1 N–H and O–H groups in total. The number of sulfonamides is 1. The molecular weight excluding hydrogens is 566 g/mol. The Bertz CT molecular complexity index is 1650. The first-order valence-corrected chi connectivity index (χ1v) is 17.3. The number of aryl methyl sites for hydroxylation is 2. The standard InChI is InChI=1S/C34H38FN3O2S2/c1-24-33(41-34(36-24)27-12-3-2-4-13-27)23-38-19-18-28-21-30(16-15-29(28)22-38)42(39,40)37-32-17-14-26(20-31(32)35)11-7-10-25-8-5-6-9-25/h2-4,12-17,20-21,25,37H,5-11,18-19,22-23H2,1H3. The van der Waals surface area contributed by atoms with E-state index in [0.717, 1.165) is 77.8 Å². The van der Waals surface area contributed by atoms with Crippen LogP contribution in [0.4, 0.5) is 10.1 Å². The van der Waals surface area contributed by atoms with Crippen molar-refractivity contribution in [2.24, 2.45) is 5.92 Å². The summed E-state index contributed by atoms with van der Waals surface area (Å²) in [7, 11) is -3.91. The van der Waals surface area contributed by atoms with Crippen LogP contribution >= 0.6 is 11.3 Å². The lowest BCUT2D eigenvalue weighted by Crippen LogP contribution is -2.30. The van der Waals surface area contributed by atoms with E-state index < -0.39 is 15.8 Å². The number of anilines is 1. The lowest BCUT2D eigenvalue weighted by atomic mass is 9.98. The van der Waals surface area contributed by atoms with Crippen molar-refractivity contribution in [3.05, 3.63) is 99.8 Å². The zero-order chi connectivity index (χ0) is 29.1. The Hall–Kier alpha value is -3.07. The van der Waals surface area contributed by atoms with Crippen molar-refractivity contribution in [3.8, 4) is 10.6 Å². The van der Waals surface area contributed by atoms with Crippen LogP contribution in [0.3, 0.4) is 0 Å². The third-order valence-corrected chi connectivity index (χ3v) is 11.2. The van der Waals surface area contributed by atoms with E-state index in [4.69, 9.17) is 4.98 Å². The minimum absolute atomic E-state index is 0.00626. The fourth-order valence-corrected chi connectivity index (χ4v) is 8.49. The maximum absolute atomic E-state index is 14.9. The highest BCUT2D eigenvalue weighted by molar-refractivity contribution is 7.92. The molecule has 1 aliphatic heterocycles. The second kappa shape index (κ2) is 12.7. The van der Waals surface area contributed by atoms with Gasteiger partial charge in [0, 0.05) is 30.1 Å². The molecular formula is C34H38FN3O2S2. The molecule has 0 spiro atoms. The van der Waals surface area contributed by atoms with Gasteiger partial charge in [0.1, 0.15) is 10.8 Å². The first-order valence-electron chi connectivity index (χ1n) is 15.0. The molecule has 6 rings (SSSR count). The monoisotopic (exact) mass is 603 g/mol. The van der Waals surface area contributed by atoms with Gasteiger partial charge in [0.05, 0.1) is 16.3 Å². The summed E-state index contributed by atoms with van der Waals surface area (Å²) < 4.78 is 43.8. The summed E-state index contributed by atoms with van der Waals surface area (Å²) >= 11 is 1.73. The summed E-state index contributed by atoms with van der Waals surface area (Å²) in [6, 6.07) is 20.4. The average Bonchev–Trinajstić information content (AvgIpc) is 3.64. The van der Waals surface area contributed by atoms with Gasteiger partial charge in [-0.25, -0.2) is 17.8 Å². The minimum Gasteiger partial charge on any atom is -0.294 e. The van der Waals surface area contributed by atoms with Gasteiger partial charge in [0.25, 0.3) is 10.0 Å². The summed E-state index contributed by atoms with van der Waals surface area (Å²) in [5.41, 5.74) is 5.25. The van der Waals surface area contributed by atoms with Crippen LogP contribution < -0.4 is 4.72 Å². The van der Waals surface area contributed by atoms with E-state index in [1.165, 1.54) is 43.0 Å². The average molecular weight is 604 g/mol. The summed E-state index contributed by atoms with van der Waals surface area (Å²) in [6.45, 7) is 4.46. The fourth-order valence-electron chi connectivity index (χ4n) is 6.27. The number of nitrogens with one attached hydrogen (secondary N) is 1. The van der Waals surface area contributed by atoms with Gasteiger partial charge in [0.15, 0.2) is 0 Å². The molecule has 8 heteroatoms. The van der Waals surface area contributed by atoms with Crippen LogP contribution in [0.15, 0.2) is 71.6 Å². The Labute approximate surface area is 252 Å². The number of thiazole rings is 1. The predicted octanol–water partition coefficient (Wildman–Crippen LogP) is 8.13. The first-order chi connectivity index (χ1) is 20.3. The van der Waals surface area contributed by atoms with Gasteiger partial charge < -0.3 is 0 Å². The smallest absolute Gasteiger partial charge is 0.261 e. The van der Waals surface area contributed by atoms with Crippen molar-refractivity contribution in [1.82, 2.24) is 9.88 Å². The molecule has 1 saturated carbocycles. The second-order valence-electron chi connectivity index (χ2n) is 11.7. The highest BCUT2D eigenvalue weighted by Gasteiger charge is 2.23. The van der Waals surface area contributed by atoms with Crippen molar-refractivity contribution in [2.45, 2.75) is 76.3 Å². The van der Waals surface area contributed by atoms with Crippen molar-refractivity contribution in [2.75, 3.05) is 11.3 Å². The zero-order valence-corrected chi connectivity index (χ0v) is 25.7. The maximum Gasteiger partial charge on any atom is 0.261 e. The van der Waals surface area contributed by atoms with Gasteiger partial charge in [-0.15, -0.1) is 11.3 Å². The van der Waals surface area contributed by atoms with Crippen LogP contribution in [-0.4, -0.2) is 24.8 Å². The number of fused-ring (bicyclic) bond motifs is 1. The maximum atomic E-state index is 14.9. The van der Waals surface area contributed by atoms with Crippen LogP contribution in [0.25, 0.3) is 10.6 Å². The molecule has 0 bridgehead atoms. The lowest BCUT2D eigenvalue weighted by molar-refractivity contribution is 0.247. The van der Waals surface area contributed by atoms with E-state index in [9.17, 15) is 12.8 Å². The van der Waals surface area contributed by atoms with Crippen molar-refractivity contribution >= 4 is 27.0 Å². The van der Waals surface area contributed by atoms with Gasteiger partial charge in [-0.3, -0.25) is 9.62 Å². The third-order valence-electron chi connectivity index (χ3n) is 8.69. The molecule has 3 aromatic carbocycles. The molecule has 1 aromatic heterocycles. The first kappa shape index (κ1) is 29.0. The molecule has 0 radical (unpaired) electrons. The Kier molecular flexibility index (Phi) is 8.75. The summed E-state index contributed by atoms with van der Waals surface area (Å²) in [6.07, 6.45) is 9.11. The van der Waals surface area contributed by atoms with E-state index in [2.05, 4.69) is 28.7 Å². The van der Waals surface area contributed by atoms with E-state index in [-0.39, 0.29) is 10.6 Å². The minimum atomic E-state index is -3.91. The highest BCUT2D eigenvalue weighted by atomic mass is 32.2. The molecule has 0 atom stereocenters. The number of hydrogen-bond donors (Lipinski definition) is 1. The number of nitrogens with zero attached hydrogens (tertiary/aromatic N) is 2. The van der Waals surface area contributed by atoms with E-state index in [0.29, 0.717) is 0 Å². The van der Waals surface area contributed by atoms with E-state index in [1.807, 2.05) is 30.3 Å². The molecule has 0 unspecified atom stereocenters. The second-order valence-corrected chi connectivity index (χ2v) is 14.5. The molecule has 42 heavy (non-hydrogen) atoms. The largest absolute Gasteiger partial charge is 0.294 e. The van der Waals surface area contributed by atoms with Crippen molar-refractivity contribution in [3.63, 3.8) is 0 Å². The van der Waals surface area contributed by atoms with Crippen molar-refractivity contribution in [1.29, 1.82) is 0 Å². The van der Waals surface area contributed by atoms with Crippen LogP contribution in [0.2, 0.25) is 0 Å². The molecule has 4 aromatic rings. The Morgan fingerprint density at radius 2 is 1.83 bits per heavy atom. The van der Waals surface area contributed by atoms with Crippen LogP contribution in [0.1, 0.15) is 65.8 Å². The fraction of sp³-hybridized carbons (Fsp3) is 0.382. The van der Waals surface area contributed by atoms with Gasteiger partial charge in [-0.1, -0.05) is 74.6 Å². The topological polar surface area (TPSA) is 62.3 Å². The molecule has 5 nitrogen and oxygen atoms in total. The molecule has 1 aliphatic carbocycles. The number of aromatic nitrogens is 1. The molecule has 0 amide bonds. The van der Waals surface area contributed by atoms with E-state index >= 15 is 0 Å². The van der Waals surface area contributed by atoms with Gasteiger partial charge in [-0.2, -0.15) is 0 Å². The van der Waals surface area contributed by atoms with Crippen LogP contribution in [-0.2, 0) is 36.0 Å². The quantitative estimate of drug-likeness (QED) is 0.199. The SMILES string of the molecule is Cc1nc(-c2ccccc2)sc1CN1CCc2cc(S(=O)(=O)Nc3ccc(CCCC4CCCC4)cc3F)ccc2C1. The zero-order valence-electron chi connectivity index (χ0n) is 24.1. The number of hydrogen-bond acceptors (Lipinski definition) is 5. The molecule has 0 saturated heterocycles. The normalized spacial score (nSPS) is 16.0. The van der Waals surface area contributed by atoms with Gasteiger partial charge >= 0.3 is 0 Å². The van der Waals surface area contributed by atoms with Gasteiger partial charge in [0.2, 0.25) is 0 Å². The molecule has 220 valence electrons. The van der Waals surface area contributed by atoms with Crippen LogP contribution in [0.5, 0.6) is 0 Å². The third kappa shape index (κ3) is 6.77. The molecule has 2 aliphatic rings. The Morgan fingerprint density at radius 1 is 1.02 bits per heavy atom. The number of rotatable bonds is 10. The summed E-state index contributed by atoms with van der Waals surface area (Å²) in [5, 5.41) is 1.04. The van der Waals surface area contributed by atoms with Gasteiger partial charge in [-0.05, 0) is 73.1 Å². The number of benzene rings is 3. The molecule has 1 fully saturated rings. The predicted molar refractivity (Wildman–Crippen MR) is 169 cm³/mol. The summed E-state index contributed by atoms with van der Waals surface area (Å²) in [4.78, 5) is 8.60. The lowest BCUT2D eigenvalue weighted by Gasteiger charge is -2.28. The number of halogens is 1.